The largest absolute Gasteiger partial charge is 0.495 e. The molecule has 0 aliphatic heterocycles. The summed E-state index contributed by atoms with van der Waals surface area (Å²) in [5, 5.41) is 11.1. The van der Waals surface area contributed by atoms with Crippen LogP contribution in [-0.2, 0) is 0 Å². The number of H-pyrrole nitrogens is 1. The van der Waals surface area contributed by atoms with Crippen LogP contribution in [0.15, 0.2) is 17.6 Å². The van der Waals surface area contributed by atoms with Crippen LogP contribution in [-0.4, -0.2) is 23.2 Å². The Bertz CT molecular complexity index is 504. The van der Waals surface area contributed by atoms with Crippen LogP contribution >= 0.6 is 11.3 Å². The highest BCUT2D eigenvalue weighted by atomic mass is 32.1. The first kappa shape index (κ1) is 10.7. The van der Waals surface area contributed by atoms with Crippen molar-refractivity contribution in [2.45, 2.75) is 6.92 Å². The minimum Gasteiger partial charge on any atom is -0.495 e. The van der Waals surface area contributed by atoms with Crippen LogP contribution in [0.4, 0.5) is 5.82 Å². The van der Waals surface area contributed by atoms with Gasteiger partial charge in [-0.3, -0.25) is 9.89 Å². The van der Waals surface area contributed by atoms with E-state index in [1.807, 2.05) is 12.3 Å². The molecule has 0 spiro atoms. The summed E-state index contributed by atoms with van der Waals surface area (Å²) in [5.41, 5.74) is 0.892. The standard InChI is InChI=1S/C10H11N3O2S/c1-6-5-11-13-9(6)12-10(14)8-7(15-2)3-4-16-8/h3-5H,1-2H3,(H2,11,12,13,14). The van der Waals surface area contributed by atoms with Gasteiger partial charge in [-0.25, -0.2) is 0 Å². The quantitative estimate of drug-likeness (QED) is 0.858. The number of thiophene rings is 1. The van der Waals surface area contributed by atoms with Gasteiger partial charge in [0.05, 0.1) is 13.3 Å². The summed E-state index contributed by atoms with van der Waals surface area (Å²) in [6.45, 7) is 1.87. The molecule has 0 fully saturated rings. The molecule has 0 atom stereocenters. The van der Waals surface area contributed by atoms with E-state index in [2.05, 4.69) is 15.5 Å². The lowest BCUT2D eigenvalue weighted by Crippen LogP contribution is -2.12. The van der Waals surface area contributed by atoms with Gasteiger partial charge in [0.25, 0.3) is 5.91 Å². The molecule has 2 aromatic heterocycles. The minimum atomic E-state index is -0.195. The van der Waals surface area contributed by atoms with Crippen LogP contribution in [0, 0.1) is 6.92 Å². The smallest absolute Gasteiger partial charge is 0.270 e. The fourth-order valence-corrected chi connectivity index (χ4v) is 2.02. The summed E-state index contributed by atoms with van der Waals surface area (Å²) < 4.78 is 5.08. The maximum absolute atomic E-state index is 11.9. The Hall–Kier alpha value is -1.82. The number of methoxy groups -OCH3 is 1. The summed E-state index contributed by atoms with van der Waals surface area (Å²) in [6, 6.07) is 1.76. The van der Waals surface area contributed by atoms with E-state index >= 15 is 0 Å². The number of aromatic amines is 1. The highest BCUT2D eigenvalue weighted by molar-refractivity contribution is 7.12. The number of amides is 1. The number of carbonyl (C=O) groups is 1. The van der Waals surface area contributed by atoms with Crippen molar-refractivity contribution >= 4 is 23.1 Å². The fraction of sp³-hybridized carbons (Fsp3) is 0.200. The number of hydrogen-bond donors (Lipinski definition) is 2. The van der Waals surface area contributed by atoms with Gasteiger partial charge in [0.15, 0.2) is 0 Å². The zero-order valence-corrected chi connectivity index (χ0v) is 9.72. The molecule has 0 aromatic carbocycles. The van der Waals surface area contributed by atoms with Crippen molar-refractivity contribution in [2.75, 3.05) is 12.4 Å². The van der Waals surface area contributed by atoms with E-state index in [1.165, 1.54) is 11.3 Å². The first-order valence-electron chi connectivity index (χ1n) is 4.65. The number of hydrogen-bond acceptors (Lipinski definition) is 4. The van der Waals surface area contributed by atoms with Crippen LogP contribution in [0.1, 0.15) is 15.2 Å². The normalized spacial score (nSPS) is 10.1. The SMILES string of the molecule is COc1ccsc1C(=O)Nc1[nH]ncc1C. The van der Waals surface area contributed by atoms with Crippen molar-refractivity contribution in [3.8, 4) is 5.75 Å². The van der Waals surface area contributed by atoms with Crippen molar-refractivity contribution in [1.82, 2.24) is 10.2 Å². The van der Waals surface area contributed by atoms with Gasteiger partial charge in [0.1, 0.15) is 16.4 Å². The molecule has 0 saturated carbocycles. The van der Waals surface area contributed by atoms with E-state index in [0.717, 1.165) is 5.56 Å². The van der Waals surface area contributed by atoms with Crippen molar-refractivity contribution in [3.63, 3.8) is 0 Å². The molecular formula is C10H11N3O2S. The molecular weight excluding hydrogens is 226 g/mol. The molecule has 2 rings (SSSR count). The third-order valence-corrected chi connectivity index (χ3v) is 3.02. The van der Waals surface area contributed by atoms with E-state index in [-0.39, 0.29) is 5.91 Å². The number of aryl methyl sites for hydroxylation is 1. The van der Waals surface area contributed by atoms with Crippen LogP contribution in [0.3, 0.4) is 0 Å². The summed E-state index contributed by atoms with van der Waals surface area (Å²) in [7, 11) is 1.54. The predicted molar refractivity (Wildman–Crippen MR) is 62.1 cm³/mol. The molecule has 0 bridgehead atoms. The van der Waals surface area contributed by atoms with Gasteiger partial charge in [-0.2, -0.15) is 5.10 Å². The van der Waals surface area contributed by atoms with Gasteiger partial charge < -0.3 is 10.1 Å². The number of ether oxygens (including phenoxy) is 1. The Morgan fingerprint density at radius 2 is 2.44 bits per heavy atom. The van der Waals surface area contributed by atoms with E-state index in [4.69, 9.17) is 4.74 Å². The van der Waals surface area contributed by atoms with Crippen molar-refractivity contribution < 1.29 is 9.53 Å². The maximum atomic E-state index is 11.9. The highest BCUT2D eigenvalue weighted by Crippen LogP contribution is 2.25. The lowest BCUT2D eigenvalue weighted by atomic mass is 10.3. The van der Waals surface area contributed by atoms with E-state index < -0.39 is 0 Å². The fourth-order valence-electron chi connectivity index (χ4n) is 1.27. The second kappa shape index (κ2) is 4.36. The lowest BCUT2D eigenvalue weighted by molar-refractivity contribution is 0.102. The van der Waals surface area contributed by atoms with Gasteiger partial charge in [0, 0.05) is 5.56 Å². The van der Waals surface area contributed by atoms with Crippen LogP contribution in [0.2, 0.25) is 0 Å². The van der Waals surface area contributed by atoms with E-state index in [1.54, 1.807) is 19.4 Å². The summed E-state index contributed by atoms with van der Waals surface area (Å²) in [4.78, 5) is 12.4. The highest BCUT2D eigenvalue weighted by Gasteiger charge is 2.15. The Morgan fingerprint density at radius 1 is 1.62 bits per heavy atom. The molecule has 5 nitrogen and oxygen atoms in total. The van der Waals surface area contributed by atoms with Gasteiger partial charge in [-0.15, -0.1) is 11.3 Å². The third-order valence-electron chi connectivity index (χ3n) is 2.12. The first-order chi connectivity index (χ1) is 7.72. The topological polar surface area (TPSA) is 67.0 Å². The molecule has 0 aliphatic carbocycles. The van der Waals surface area contributed by atoms with Gasteiger partial charge in [-0.05, 0) is 18.4 Å². The Morgan fingerprint density at radius 3 is 3.06 bits per heavy atom. The number of carbonyl (C=O) groups excluding carboxylic acids is 1. The van der Waals surface area contributed by atoms with E-state index in [9.17, 15) is 4.79 Å². The van der Waals surface area contributed by atoms with Gasteiger partial charge >= 0.3 is 0 Å². The maximum Gasteiger partial charge on any atom is 0.270 e. The molecule has 0 unspecified atom stereocenters. The molecule has 84 valence electrons. The molecule has 2 aromatic rings. The average Bonchev–Trinajstić information content (AvgIpc) is 2.87. The van der Waals surface area contributed by atoms with Crippen molar-refractivity contribution in [2.24, 2.45) is 0 Å². The number of nitrogens with zero attached hydrogens (tertiary/aromatic N) is 1. The lowest BCUT2D eigenvalue weighted by Gasteiger charge is -2.03. The Balaban J connectivity index is 2.18. The molecule has 2 heterocycles. The average molecular weight is 237 g/mol. The zero-order chi connectivity index (χ0) is 11.5. The second-order valence-electron chi connectivity index (χ2n) is 3.20. The van der Waals surface area contributed by atoms with Crippen LogP contribution in [0.5, 0.6) is 5.75 Å². The van der Waals surface area contributed by atoms with Crippen LogP contribution in [0.25, 0.3) is 0 Å². The molecule has 0 aliphatic rings. The number of aromatic nitrogens is 2. The van der Waals surface area contributed by atoms with Crippen molar-refractivity contribution in [1.29, 1.82) is 0 Å². The number of rotatable bonds is 3. The van der Waals surface area contributed by atoms with Crippen molar-refractivity contribution in [3.05, 3.63) is 28.1 Å². The van der Waals surface area contributed by atoms with Crippen LogP contribution < -0.4 is 10.1 Å². The molecule has 2 N–H and O–H groups in total. The Kier molecular flexibility index (Phi) is 2.91. The molecule has 0 radical (unpaired) electrons. The molecule has 1 amide bonds. The monoisotopic (exact) mass is 237 g/mol. The summed E-state index contributed by atoms with van der Waals surface area (Å²) in [5.74, 6) is 0.999. The van der Waals surface area contributed by atoms with Gasteiger partial charge in [0.2, 0.25) is 0 Å². The first-order valence-corrected chi connectivity index (χ1v) is 5.53. The second-order valence-corrected chi connectivity index (χ2v) is 4.12. The summed E-state index contributed by atoms with van der Waals surface area (Å²) >= 11 is 1.34. The number of anilines is 1. The molecule has 16 heavy (non-hydrogen) atoms. The zero-order valence-electron chi connectivity index (χ0n) is 8.90. The summed E-state index contributed by atoms with van der Waals surface area (Å²) in [6.07, 6.45) is 1.65. The third kappa shape index (κ3) is 1.92. The number of nitrogens with one attached hydrogen (secondary N) is 2. The predicted octanol–water partition coefficient (Wildman–Crippen LogP) is 2.04. The minimum absolute atomic E-state index is 0.195. The molecule has 6 heteroatoms. The molecule has 0 saturated heterocycles. The Labute approximate surface area is 96.4 Å². The van der Waals surface area contributed by atoms with Gasteiger partial charge in [-0.1, -0.05) is 0 Å². The van der Waals surface area contributed by atoms with E-state index in [0.29, 0.717) is 16.4 Å².